The molecular weight excluding hydrogens is 507 g/mol. The smallest absolute Gasteiger partial charge is 0.483 e. The Labute approximate surface area is 201 Å². The van der Waals surface area contributed by atoms with Crippen LogP contribution in [-0.4, -0.2) is 35.1 Å². The van der Waals surface area contributed by atoms with Gasteiger partial charge in [-0.05, 0) is 31.2 Å². The first-order valence-corrected chi connectivity index (χ1v) is 11.6. The molecule has 0 unspecified atom stereocenters. The number of halogens is 3. The summed E-state index contributed by atoms with van der Waals surface area (Å²) in [6, 6.07) is 10.6. The van der Waals surface area contributed by atoms with Gasteiger partial charge in [-0.1, -0.05) is 22.9 Å². The number of ether oxygens (including phenoxy) is 2. The lowest BCUT2D eigenvalue weighted by Crippen LogP contribution is -2.24. The molecule has 0 saturated heterocycles. The Kier molecular flexibility index (Phi) is 6.54. The number of aryl methyl sites for hydroxylation is 1. The number of carboxylic acid groups (broad SMARTS) is 1. The molecular formula is C22H18F3N3O7S. The molecule has 0 fully saturated rings. The highest BCUT2D eigenvalue weighted by Gasteiger charge is 2.33. The van der Waals surface area contributed by atoms with E-state index in [0.717, 1.165) is 21.7 Å². The van der Waals surface area contributed by atoms with Crippen LogP contribution in [0.5, 0.6) is 11.5 Å². The average Bonchev–Trinajstić information content (AvgIpc) is 3.43. The van der Waals surface area contributed by atoms with Crippen molar-refractivity contribution in [2.45, 2.75) is 31.3 Å². The van der Waals surface area contributed by atoms with E-state index in [1.807, 2.05) is 0 Å². The molecule has 0 spiro atoms. The van der Waals surface area contributed by atoms with Gasteiger partial charge in [-0.2, -0.15) is 0 Å². The maximum Gasteiger partial charge on any atom is 0.573 e. The molecule has 36 heavy (non-hydrogen) atoms. The number of nitrogens with one attached hydrogen (secondary N) is 1. The van der Waals surface area contributed by atoms with E-state index in [1.165, 1.54) is 30.5 Å². The molecule has 10 nitrogen and oxygen atoms in total. The lowest BCUT2D eigenvalue weighted by Gasteiger charge is -2.16. The van der Waals surface area contributed by atoms with Gasteiger partial charge in [-0.3, -0.25) is 0 Å². The van der Waals surface area contributed by atoms with Gasteiger partial charge in [0.2, 0.25) is 0 Å². The molecule has 0 bridgehead atoms. The summed E-state index contributed by atoms with van der Waals surface area (Å²) >= 11 is 0. The van der Waals surface area contributed by atoms with E-state index in [9.17, 15) is 26.4 Å². The van der Waals surface area contributed by atoms with Crippen LogP contribution in [0.2, 0.25) is 0 Å². The minimum absolute atomic E-state index is 0.0421. The number of carbonyl (C=O) groups is 1. The zero-order valence-corrected chi connectivity index (χ0v) is 19.3. The van der Waals surface area contributed by atoms with Gasteiger partial charge >= 0.3 is 12.5 Å². The topological polar surface area (TPSA) is 133 Å². The quantitative estimate of drug-likeness (QED) is 0.346. The Morgan fingerprint density at radius 3 is 2.47 bits per heavy atom. The van der Waals surface area contributed by atoms with Crippen molar-refractivity contribution < 1.29 is 45.5 Å². The number of alkyl halides is 3. The van der Waals surface area contributed by atoms with E-state index < -0.39 is 40.5 Å². The lowest BCUT2D eigenvalue weighted by molar-refractivity contribution is -0.275. The Balaban J connectivity index is 1.90. The van der Waals surface area contributed by atoms with E-state index in [1.54, 1.807) is 19.1 Å². The monoisotopic (exact) mass is 525 g/mol. The second-order valence-electron chi connectivity index (χ2n) is 7.56. The summed E-state index contributed by atoms with van der Waals surface area (Å²) in [4.78, 5) is 11.0. The number of hydrogen-bond acceptors (Lipinski definition) is 7. The molecule has 190 valence electrons. The average molecular weight is 525 g/mol. The van der Waals surface area contributed by atoms with Crippen LogP contribution in [0.3, 0.4) is 0 Å². The van der Waals surface area contributed by atoms with Crippen LogP contribution in [0.4, 0.5) is 18.0 Å². The zero-order chi connectivity index (χ0) is 26.1. The first-order valence-electron chi connectivity index (χ1n) is 10.2. The summed E-state index contributed by atoms with van der Waals surface area (Å²) in [5.74, 6) is -1.14. The van der Waals surface area contributed by atoms with Gasteiger partial charge in [0.1, 0.15) is 18.6 Å². The molecule has 0 radical (unpaired) electrons. The Hall–Kier alpha value is -4.20. The van der Waals surface area contributed by atoms with Crippen LogP contribution in [0.15, 0.2) is 64.2 Å². The van der Waals surface area contributed by atoms with Crippen molar-refractivity contribution in [3.63, 3.8) is 0 Å². The predicted octanol–water partition coefficient (Wildman–Crippen LogP) is 4.42. The van der Waals surface area contributed by atoms with Crippen molar-refractivity contribution in [1.82, 2.24) is 14.4 Å². The van der Waals surface area contributed by atoms with Crippen molar-refractivity contribution in [3.05, 3.63) is 71.7 Å². The molecule has 1 amide bonds. The van der Waals surface area contributed by atoms with Gasteiger partial charge in [0.15, 0.2) is 11.5 Å². The van der Waals surface area contributed by atoms with Crippen molar-refractivity contribution in [3.8, 4) is 11.5 Å². The highest BCUT2D eigenvalue weighted by Crippen LogP contribution is 2.39. The molecule has 4 aromatic rings. The normalized spacial score (nSPS) is 12.0. The molecule has 0 atom stereocenters. The predicted molar refractivity (Wildman–Crippen MR) is 118 cm³/mol. The fourth-order valence-electron chi connectivity index (χ4n) is 3.42. The first kappa shape index (κ1) is 24.9. The third-order valence-electron chi connectivity index (χ3n) is 4.97. The van der Waals surface area contributed by atoms with Gasteiger partial charge in [-0.25, -0.2) is 17.2 Å². The third kappa shape index (κ3) is 5.38. The van der Waals surface area contributed by atoms with Crippen LogP contribution in [0.1, 0.15) is 17.0 Å². The molecule has 2 N–H and O–H groups in total. The van der Waals surface area contributed by atoms with Crippen LogP contribution in [-0.2, 0) is 23.2 Å². The van der Waals surface area contributed by atoms with E-state index in [-0.39, 0.29) is 33.8 Å². The zero-order valence-electron chi connectivity index (χ0n) is 18.4. The number of nitrogens with zero attached hydrogens (tertiary/aromatic N) is 2. The summed E-state index contributed by atoms with van der Waals surface area (Å²) in [6.07, 6.45) is -5.24. The maximum atomic E-state index is 13.6. The largest absolute Gasteiger partial charge is 0.573 e. The SMILES string of the molecule is Cc1ccc(S(=O)(=O)n2c(CNC(=O)O)cc3cc(OC(F)(F)F)c(OCc4ccon4)cc32)cc1. The summed E-state index contributed by atoms with van der Waals surface area (Å²) in [6.45, 7) is 1.03. The summed E-state index contributed by atoms with van der Waals surface area (Å²) in [5, 5.41) is 14.8. The summed E-state index contributed by atoms with van der Waals surface area (Å²) in [7, 11) is -4.30. The van der Waals surface area contributed by atoms with Gasteiger partial charge in [0.05, 0.1) is 22.7 Å². The van der Waals surface area contributed by atoms with Gasteiger partial charge < -0.3 is 24.4 Å². The van der Waals surface area contributed by atoms with Crippen molar-refractivity contribution in [2.24, 2.45) is 0 Å². The Morgan fingerprint density at radius 2 is 1.86 bits per heavy atom. The number of benzene rings is 2. The summed E-state index contributed by atoms with van der Waals surface area (Å²) in [5.41, 5.74) is 0.973. The van der Waals surface area contributed by atoms with E-state index in [4.69, 9.17) is 9.84 Å². The molecule has 14 heteroatoms. The third-order valence-corrected chi connectivity index (χ3v) is 6.75. The minimum atomic E-state index is -5.07. The van der Waals surface area contributed by atoms with Crippen LogP contribution in [0, 0.1) is 6.92 Å². The standard InChI is InChI=1S/C22H18F3N3O7S/c1-13-2-4-17(5-3-13)36(31,32)28-16(11-26-21(29)30)8-14-9-20(35-22(23,24)25)19(10-18(14)28)33-12-15-6-7-34-27-15/h2-10,26H,11-12H2,1H3,(H,29,30). The lowest BCUT2D eigenvalue weighted by atomic mass is 10.2. The molecule has 2 aromatic carbocycles. The van der Waals surface area contributed by atoms with Crippen molar-refractivity contribution in [1.29, 1.82) is 0 Å². The highest BCUT2D eigenvalue weighted by atomic mass is 32.2. The van der Waals surface area contributed by atoms with E-state index in [0.29, 0.717) is 0 Å². The first-order chi connectivity index (χ1) is 16.9. The second-order valence-corrected chi connectivity index (χ2v) is 9.35. The van der Waals surface area contributed by atoms with E-state index >= 15 is 0 Å². The molecule has 0 aliphatic heterocycles. The maximum absolute atomic E-state index is 13.6. The Morgan fingerprint density at radius 1 is 1.14 bits per heavy atom. The minimum Gasteiger partial charge on any atom is -0.483 e. The number of aromatic nitrogens is 2. The van der Waals surface area contributed by atoms with Crippen molar-refractivity contribution >= 4 is 27.0 Å². The van der Waals surface area contributed by atoms with Crippen LogP contribution < -0.4 is 14.8 Å². The molecule has 2 aromatic heterocycles. The molecule has 4 rings (SSSR count). The molecule has 0 aliphatic carbocycles. The highest BCUT2D eigenvalue weighted by molar-refractivity contribution is 7.90. The van der Waals surface area contributed by atoms with Crippen LogP contribution in [0.25, 0.3) is 10.9 Å². The van der Waals surface area contributed by atoms with Crippen molar-refractivity contribution in [2.75, 3.05) is 0 Å². The number of fused-ring (bicyclic) bond motifs is 1. The number of hydrogen-bond donors (Lipinski definition) is 2. The molecule has 2 heterocycles. The molecule has 0 aliphatic rings. The number of amides is 1. The van der Waals surface area contributed by atoms with Gasteiger partial charge in [-0.15, -0.1) is 13.2 Å². The second kappa shape index (κ2) is 9.45. The van der Waals surface area contributed by atoms with Gasteiger partial charge in [0, 0.05) is 17.5 Å². The fraction of sp³-hybridized carbons (Fsp3) is 0.182. The number of rotatable bonds is 8. The van der Waals surface area contributed by atoms with Gasteiger partial charge in [0.25, 0.3) is 10.0 Å². The molecule has 0 saturated carbocycles. The summed E-state index contributed by atoms with van der Waals surface area (Å²) < 4.78 is 81.5. The van der Waals surface area contributed by atoms with Crippen LogP contribution >= 0.6 is 0 Å². The fourth-order valence-corrected chi connectivity index (χ4v) is 4.95. The Bertz CT molecular complexity index is 1500. The van der Waals surface area contributed by atoms with E-state index in [2.05, 4.69) is 19.7 Å².